The number of amides is 1. The minimum Gasteiger partial charge on any atom is -0.467 e. The first-order valence-corrected chi connectivity index (χ1v) is 9.34. The highest BCUT2D eigenvalue weighted by atomic mass is 19.4. The number of fused-ring (bicyclic) bond motifs is 1. The molecule has 0 saturated carbocycles. The standard InChI is InChI=1S/C19H21F3N6O2/c1-11-12(10-27(3)24-11)9-26(2)18(29)14-8-17-23-13(15-5-4-6-30-15)7-16(19(20,21)22)28(17)25-14/h4-6,8,10,13,16,23H,7,9H2,1-3H3/t13-,16+/m1/s1. The number of rotatable bonds is 4. The maximum Gasteiger partial charge on any atom is 0.410 e. The van der Waals surface area contributed by atoms with Crippen LogP contribution in [0.5, 0.6) is 0 Å². The maximum absolute atomic E-state index is 13.7. The molecule has 0 fully saturated rings. The molecule has 4 rings (SSSR count). The van der Waals surface area contributed by atoms with Crippen LogP contribution in [0.1, 0.15) is 46.0 Å². The lowest BCUT2D eigenvalue weighted by atomic mass is 10.0. The summed E-state index contributed by atoms with van der Waals surface area (Å²) in [7, 11) is 3.35. The summed E-state index contributed by atoms with van der Waals surface area (Å²) in [6, 6.07) is 2.05. The van der Waals surface area contributed by atoms with Gasteiger partial charge >= 0.3 is 6.18 Å². The van der Waals surface area contributed by atoms with Gasteiger partial charge in [0.25, 0.3) is 5.91 Å². The molecule has 1 amide bonds. The summed E-state index contributed by atoms with van der Waals surface area (Å²) in [5, 5.41) is 11.2. The molecule has 3 aromatic rings. The van der Waals surface area contributed by atoms with Crippen LogP contribution < -0.4 is 5.32 Å². The Hall–Kier alpha value is -3.24. The topological polar surface area (TPSA) is 81.1 Å². The molecule has 11 heteroatoms. The Morgan fingerprint density at radius 1 is 1.40 bits per heavy atom. The van der Waals surface area contributed by atoms with E-state index in [2.05, 4.69) is 15.5 Å². The molecule has 30 heavy (non-hydrogen) atoms. The normalized spacial score (nSPS) is 18.7. The van der Waals surface area contributed by atoms with Crippen molar-refractivity contribution in [2.24, 2.45) is 7.05 Å². The number of halogens is 3. The summed E-state index contributed by atoms with van der Waals surface area (Å²) in [4.78, 5) is 14.3. The van der Waals surface area contributed by atoms with Gasteiger partial charge in [0.2, 0.25) is 0 Å². The van der Waals surface area contributed by atoms with E-state index >= 15 is 0 Å². The van der Waals surface area contributed by atoms with Crippen LogP contribution in [0.3, 0.4) is 0 Å². The lowest BCUT2D eigenvalue weighted by Crippen LogP contribution is -2.35. The molecule has 1 N–H and O–H groups in total. The fraction of sp³-hybridized carbons (Fsp3) is 0.421. The zero-order valence-corrected chi connectivity index (χ0v) is 16.6. The van der Waals surface area contributed by atoms with Gasteiger partial charge in [-0.05, 0) is 19.1 Å². The smallest absolute Gasteiger partial charge is 0.410 e. The van der Waals surface area contributed by atoms with Gasteiger partial charge in [0.1, 0.15) is 11.6 Å². The summed E-state index contributed by atoms with van der Waals surface area (Å²) in [6.07, 6.45) is -1.60. The third kappa shape index (κ3) is 3.66. The van der Waals surface area contributed by atoms with Gasteiger partial charge in [-0.25, -0.2) is 4.68 Å². The third-order valence-electron chi connectivity index (χ3n) is 5.16. The molecule has 0 spiro atoms. The Balaban J connectivity index is 1.61. The number of hydrogen-bond acceptors (Lipinski definition) is 5. The van der Waals surface area contributed by atoms with Crippen molar-refractivity contribution in [2.75, 3.05) is 12.4 Å². The Kier molecular flexibility index (Phi) is 4.83. The van der Waals surface area contributed by atoms with Crippen LogP contribution in [-0.2, 0) is 13.6 Å². The molecule has 0 saturated heterocycles. The van der Waals surface area contributed by atoms with Crippen LogP contribution in [-0.4, -0.2) is 43.6 Å². The lowest BCUT2D eigenvalue weighted by Gasteiger charge is -2.32. The van der Waals surface area contributed by atoms with Crippen molar-refractivity contribution in [2.45, 2.75) is 38.1 Å². The van der Waals surface area contributed by atoms with Gasteiger partial charge in [0.15, 0.2) is 11.7 Å². The number of hydrogen-bond donors (Lipinski definition) is 1. The Morgan fingerprint density at radius 2 is 2.17 bits per heavy atom. The second kappa shape index (κ2) is 7.22. The maximum atomic E-state index is 13.7. The summed E-state index contributed by atoms with van der Waals surface area (Å²) in [6.45, 7) is 2.10. The highest BCUT2D eigenvalue weighted by molar-refractivity contribution is 5.93. The van der Waals surface area contributed by atoms with Gasteiger partial charge in [-0.3, -0.25) is 9.48 Å². The van der Waals surface area contributed by atoms with Crippen molar-refractivity contribution in [1.29, 1.82) is 0 Å². The number of aryl methyl sites for hydroxylation is 2. The summed E-state index contributed by atoms with van der Waals surface area (Å²) >= 11 is 0. The van der Waals surface area contributed by atoms with E-state index in [-0.39, 0.29) is 24.5 Å². The third-order valence-corrected chi connectivity index (χ3v) is 5.16. The molecule has 3 aromatic heterocycles. The Bertz CT molecular complexity index is 1050. The highest BCUT2D eigenvalue weighted by Crippen LogP contribution is 2.43. The fourth-order valence-electron chi connectivity index (χ4n) is 3.68. The molecule has 0 bridgehead atoms. The number of anilines is 1. The van der Waals surface area contributed by atoms with E-state index in [4.69, 9.17) is 4.42 Å². The minimum absolute atomic E-state index is 0.0594. The van der Waals surface area contributed by atoms with E-state index in [9.17, 15) is 18.0 Å². The van der Waals surface area contributed by atoms with E-state index in [1.807, 2.05) is 6.92 Å². The zero-order chi connectivity index (χ0) is 21.6. The number of aromatic nitrogens is 4. The molecule has 8 nitrogen and oxygen atoms in total. The van der Waals surface area contributed by atoms with Crippen molar-refractivity contribution in [3.05, 3.63) is 53.4 Å². The molecule has 1 aliphatic rings. The van der Waals surface area contributed by atoms with E-state index in [1.54, 1.807) is 37.1 Å². The van der Waals surface area contributed by atoms with E-state index in [0.717, 1.165) is 15.9 Å². The molecule has 0 aliphatic carbocycles. The van der Waals surface area contributed by atoms with Crippen LogP contribution >= 0.6 is 0 Å². The summed E-state index contributed by atoms with van der Waals surface area (Å²) in [5.41, 5.74) is 1.57. The number of carbonyl (C=O) groups is 1. The first kappa shape index (κ1) is 20.0. The van der Waals surface area contributed by atoms with Crippen molar-refractivity contribution >= 4 is 11.7 Å². The van der Waals surface area contributed by atoms with Crippen molar-refractivity contribution in [1.82, 2.24) is 24.5 Å². The molecular formula is C19H21F3N6O2. The summed E-state index contributed by atoms with van der Waals surface area (Å²) in [5.74, 6) is 0.0467. The van der Waals surface area contributed by atoms with E-state index in [1.165, 1.54) is 17.2 Å². The van der Waals surface area contributed by atoms with Crippen LogP contribution in [0.15, 0.2) is 35.1 Å². The van der Waals surface area contributed by atoms with E-state index < -0.39 is 24.2 Å². The average Bonchev–Trinajstić information content (AvgIpc) is 3.39. The van der Waals surface area contributed by atoms with Gasteiger partial charge < -0.3 is 14.6 Å². The predicted molar refractivity (Wildman–Crippen MR) is 101 cm³/mol. The van der Waals surface area contributed by atoms with Crippen LogP contribution in [0.2, 0.25) is 0 Å². The lowest BCUT2D eigenvalue weighted by molar-refractivity contribution is -0.174. The van der Waals surface area contributed by atoms with E-state index in [0.29, 0.717) is 5.76 Å². The second-order valence-corrected chi connectivity index (χ2v) is 7.44. The molecule has 0 aromatic carbocycles. The molecule has 4 heterocycles. The number of nitrogens with one attached hydrogen (secondary N) is 1. The van der Waals surface area contributed by atoms with Crippen molar-refractivity contribution < 1.29 is 22.4 Å². The molecule has 2 atom stereocenters. The first-order valence-electron chi connectivity index (χ1n) is 9.34. The van der Waals surface area contributed by atoms with Crippen molar-refractivity contribution in [3.8, 4) is 0 Å². The van der Waals surface area contributed by atoms with Gasteiger partial charge in [0.05, 0.1) is 18.0 Å². The average molecular weight is 422 g/mol. The second-order valence-electron chi connectivity index (χ2n) is 7.44. The molecule has 0 radical (unpaired) electrons. The van der Waals surface area contributed by atoms with Crippen LogP contribution in [0.25, 0.3) is 0 Å². The molecule has 1 aliphatic heterocycles. The highest BCUT2D eigenvalue weighted by Gasteiger charge is 2.47. The number of alkyl halides is 3. The first-order chi connectivity index (χ1) is 14.1. The monoisotopic (exact) mass is 422 g/mol. The largest absolute Gasteiger partial charge is 0.467 e. The van der Waals surface area contributed by atoms with Gasteiger partial charge in [-0.15, -0.1) is 0 Å². The van der Waals surface area contributed by atoms with Gasteiger partial charge in [-0.2, -0.15) is 23.4 Å². The zero-order valence-electron chi connectivity index (χ0n) is 16.6. The predicted octanol–water partition coefficient (Wildman–Crippen LogP) is 3.45. The van der Waals surface area contributed by atoms with Crippen LogP contribution in [0.4, 0.5) is 19.0 Å². The van der Waals surface area contributed by atoms with Gasteiger partial charge in [0, 0.05) is 44.9 Å². The molecular weight excluding hydrogens is 401 g/mol. The van der Waals surface area contributed by atoms with Crippen molar-refractivity contribution in [3.63, 3.8) is 0 Å². The number of carbonyl (C=O) groups excluding carboxylic acids is 1. The molecule has 160 valence electrons. The number of nitrogens with zero attached hydrogens (tertiary/aromatic N) is 5. The quantitative estimate of drug-likeness (QED) is 0.697. The fourth-order valence-corrected chi connectivity index (χ4v) is 3.68. The SMILES string of the molecule is Cc1nn(C)cc1CN(C)C(=O)c1cc2n(n1)[C@H](C(F)(F)F)C[C@H](c1ccco1)N2. The Labute approximate surface area is 170 Å². The van der Waals surface area contributed by atoms with Crippen LogP contribution in [0, 0.1) is 6.92 Å². The summed E-state index contributed by atoms with van der Waals surface area (Å²) < 4.78 is 48.9. The molecule has 0 unspecified atom stereocenters. The number of furan rings is 1. The Morgan fingerprint density at radius 3 is 2.77 bits per heavy atom. The van der Waals surface area contributed by atoms with Gasteiger partial charge in [-0.1, -0.05) is 0 Å². The minimum atomic E-state index is -4.52.